The van der Waals surface area contributed by atoms with Crippen LogP contribution in [0.1, 0.15) is 38.5 Å². The molecule has 1 fully saturated rings. The predicted octanol–water partition coefficient (Wildman–Crippen LogP) is 0.949. The van der Waals surface area contributed by atoms with Crippen LogP contribution in [0, 0.1) is 11.3 Å². The zero-order valence-corrected chi connectivity index (χ0v) is 10.9. The smallest absolute Gasteiger partial charge is 0.227 e. The number of carbonyl (C=O) groups excluding carboxylic acids is 1. The third kappa shape index (κ3) is 3.12. The van der Waals surface area contributed by atoms with Crippen LogP contribution in [-0.2, 0) is 4.79 Å². The average Bonchev–Trinajstić information content (AvgIpc) is 2.84. The Bertz CT molecular complexity index is 322. The Balaban J connectivity index is 1.82. The summed E-state index contributed by atoms with van der Waals surface area (Å²) >= 11 is 0. The quantitative estimate of drug-likeness (QED) is 0.652. The monoisotopic (exact) mass is 252 g/mol. The van der Waals surface area contributed by atoms with Gasteiger partial charge in [0, 0.05) is 18.0 Å². The predicted molar refractivity (Wildman–Crippen MR) is 70.8 cm³/mol. The molecule has 4 nitrogen and oxygen atoms in total. The Morgan fingerprint density at radius 3 is 2.61 bits per heavy atom. The number of hydrogen-bond donors (Lipinski definition) is 3. The van der Waals surface area contributed by atoms with Gasteiger partial charge in [0.2, 0.25) is 5.91 Å². The number of nitrogens with two attached hydrogens (primary N) is 1. The van der Waals surface area contributed by atoms with Crippen molar-refractivity contribution in [1.29, 1.82) is 0 Å². The van der Waals surface area contributed by atoms with Gasteiger partial charge in [-0.2, -0.15) is 0 Å². The highest BCUT2D eigenvalue weighted by molar-refractivity contribution is 5.81. The number of hydrogen-bond acceptors (Lipinski definition) is 3. The standard InChI is InChI=1S/C14H24N2O2/c15-12-5-4-11(8-12)13(18)16-9-14(10-17)6-2-1-3-7-14/h4-5,11-12,17H,1-3,6-10,15H2,(H,16,18). The third-order valence-electron chi connectivity index (χ3n) is 4.34. The van der Waals surface area contributed by atoms with E-state index in [1.807, 2.05) is 12.2 Å². The molecule has 0 aliphatic heterocycles. The zero-order valence-electron chi connectivity index (χ0n) is 10.9. The molecule has 102 valence electrons. The second-order valence-electron chi connectivity index (χ2n) is 5.83. The number of amides is 1. The van der Waals surface area contributed by atoms with Crippen LogP contribution >= 0.6 is 0 Å². The van der Waals surface area contributed by atoms with Crippen molar-refractivity contribution in [2.45, 2.75) is 44.6 Å². The van der Waals surface area contributed by atoms with E-state index in [0.717, 1.165) is 25.7 Å². The molecule has 2 aliphatic rings. The van der Waals surface area contributed by atoms with Gasteiger partial charge in [0.25, 0.3) is 0 Å². The first-order valence-corrected chi connectivity index (χ1v) is 6.98. The molecular weight excluding hydrogens is 228 g/mol. The molecule has 0 saturated heterocycles. The fourth-order valence-electron chi connectivity index (χ4n) is 3.02. The van der Waals surface area contributed by atoms with E-state index < -0.39 is 0 Å². The van der Waals surface area contributed by atoms with Gasteiger partial charge in [0.1, 0.15) is 0 Å². The summed E-state index contributed by atoms with van der Waals surface area (Å²) < 4.78 is 0. The van der Waals surface area contributed by atoms with Crippen LogP contribution in [0.15, 0.2) is 12.2 Å². The largest absolute Gasteiger partial charge is 0.396 e. The summed E-state index contributed by atoms with van der Waals surface area (Å²) in [6, 6.07) is 0.0160. The van der Waals surface area contributed by atoms with E-state index in [4.69, 9.17) is 5.73 Å². The molecule has 0 bridgehead atoms. The van der Waals surface area contributed by atoms with Gasteiger partial charge in [0.05, 0.1) is 12.5 Å². The number of aliphatic hydroxyl groups is 1. The summed E-state index contributed by atoms with van der Waals surface area (Å²) in [6.45, 7) is 0.773. The fraction of sp³-hybridized carbons (Fsp3) is 0.786. The highest BCUT2D eigenvalue weighted by atomic mass is 16.3. The summed E-state index contributed by atoms with van der Waals surface area (Å²) in [5, 5.41) is 12.6. The van der Waals surface area contributed by atoms with Gasteiger partial charge in [-0.1, -0.05) is 31.4 Å². The van der Waals surface area contributed by atoms with Crippen LogP contribution < -0.4 is 11.1 Å². The van der Waals surface area contributed by atoms with E-state index in [2.05, 4.69) is 5.32 Å². The maximum Gasteiger partial charge on any atom is 0.227 e. The average molecular weight is 252 g/mol. The Morgan fingerprint density at radius 1 is 1.33 bits per heavy atom. The fourth-order valence-corrected chi connectivity index (χ4v) is 3.02. The first-order chi connectivity index (χ1) is 8.65. The molecule has 0 aromatic rings. The maximum absolute atomic E-state index is 12.0. The number of rotatable bonds is 4. The van der Waals surface area contributed by atoms with Crippen molar-refractivity contribution >= 4 is 5.91 Å². The molecular formula is C14H24N2O2. The van der Waals surface area contributed by atoms with Gasteiger partial charge in [0.15, 0.2) is 0 Å². The van der Waals surface area contributed by atoms with Crippen molar-refractivity contribution in [3.63, 3.8) is 0 Å². The minimum atomic E-state index is -0.0850. The Labute approximate surface area is 109 Å². The Kier molecular flexibility index (Phi) is 4.40. The molecule has 4 N–H and O–H groups in total. The number of carbonyl (C=O) groups is 1. The van der Waals surface area contributed by atoms with E-state index in [0.29, 0.717) is 13.0 Å². The van der Waals surface area contributed by atoms with Crippen molar-refractivity contribution < 1.29 is 9.90 Å². The van der Waals surface area contributed by atoms with Gasteiger partial charge in [-0.05, 0) is 19.3 Å². The zero-order chi connectivity index (χ0) is 13.0. The van der Waals surface area contributed by atoms with Gasteiger partial charge in [-0.25, -0.2) is 0 Å². The summed E-state index contributed by atoms with van der Waals surface area (Å²) in [7, 11) is 0. The molecule has 0 radical (unpaired) electrons. The van der Waals surface area contributed by atoms with Gasteiger partial charge >= 0.3 is 0 Å². The molecule has 1 amide bonds. The van der Waals surface area contributed by atoms with Crippen molar-refractivity contribution in [2.75, 3.05) is 13.2 Å². The summed E-state index contributed by atoms with van der Waals surface area (Å²) in [5.41, 5.74) is 5.66. The lowest BCUT2D eigenvalue weighted by Crippen LogP contribution is -2.43. The first-order valence-electron chi connectivity index (χ1n) is 6.98. The minimum Gasteiger partial charge on any atom is -0.396 e. The molecule has 0 spiro atoms. The van der Waals surface area contributed by atoms with Crippen molar-refractivity contribution in [3.05, 3.63) is 12.2 Å². The van der Waals surface area contributed by atoms with Crippen LogP contribution in [0.4, 0.5) is 0 Å². The Morgan fingerprint density at radius 2 is 2.06 bits per heavy atom. The highest BCUT2D eigenvalue weighted by Gasteiger charge is 2.32. The summed E-state index contributed by atoms with van der Waals surface area (Å²) in [4.78, 5) is 12.0. The normalized spacial score (nSPS) is 30.3. The lowest BCUT2D eigenvalue weighted by atomic mass is 9.74. The van der Waals surface area contributed by atoms with E-state index in [-0.39, 0.29) is 29.9 Å². The minimum absolute atomic E-state index is 0.0160. The molecule has 4 heteroatoms. The van der Waals surface area contributed by atoms with E-state index >= 15 is 0 Å². The van der Waals surface area contributed by atoms with Crippen LogP contribution in [-0.4, -0.2) is 30.2 Å². The topological polar surface area (TPSA) is 75.4 Å². The highest BCUT2D eigenvalue weighted by Crippen LogP contribution is 2.35. The van der Waals surface area contributed by atoms with Crippen LogP contribution in [0.25, 0.3) is 0 Å². The van der Waals surface area contributed by atoms with Gasteiger partial charge in [-0.3, -0.25) is 4.79 Å². The van der Waals surface area contributed by atoms with Gasteiger partial charge < -0.3 is 16.2 Å². The lowest BCUT2D eigenvalue weighted by molar-refractivity contribution is -0.124. The summed E-state index contributed by atoms with van der Waals surface area (Å²) in [5.74, 6) is -0.0306. The van der Waals surface area contributed by atoms with E-state index in [1.165, 1.54) is 6.42 Å². The van der Waals surface area contributed by atoms with E-state index in [9.17, 15) is 9.90 Å². The molecule has 0 aromatic carbocycles. The van der Waals surface area contributed by atoms with Crippen LogP contribution in [0.5, 0.6) is 0 Å². The molecule has 2 aliphatic carbocycles. The van der Waals surface area contributed by atoms with Crippen LogP contribution in [0.3, 0.4) is 0 Å². The number of aliphatic hydroxyl groups excluding tert-OH is 1. The van der Waals surface area contributed by atoms with Gasteiger partial charge in [-0.15, -0.1) is 0 Å². The lowest BCUT2D eigenvalue weighted by Gasteiger charge is -2.35. The van der Waals surface area contributed by atoms with Crippen molar-refractivity contribution in [3.8, 4) is 0 Å². The summed E-state index contributed by atoms with van der Waals surface area (Å²) in [6.07, 6.45) is 10.1. The molecule has 1 saturated carbocycles. The van der Waals surface area contributed by atoms with E-state index in [1.54, 1.807) is 0 Å². The molecule has 0 heterocycles. The first kappa shape index (κ1) is 13.6. The second kappa shape index (κ2) is 5.85. The molecule has 0 aromatic heterocycles. The molecule has 2 rings (SSSR count). The van der Waals surface area contributed by atoms with Crippen molar-refractivity contribution in [1.82, 2.24) is 5.32 Å². The third-order valence-corrected chi connectivity index (χ3v) is 4.34. The maximum atomic E-state index is 12.0. The second-order valence-corrected chi connectivity index (χ2v) is 5.83. The molecule has 18 heavy (non-hydrogen) atoms. The number of nitrogens with one attached hydrogen (secondary N) is 1. The Hall–Kier alpha value is -0.870. The molecule has 2 atom stereocenters. The van der Waals surface area contributed by atoms with Crippen LogP contribution in [0.2, 0.25) is 0 Å². The molecule has 2 unspecified atom stereocenters. The SMILES string of the molecule is NC1C=CC(C(=O)NCC2(CO)CCCCC2)C1. The van der Waals surface area contributed by atoms with Crippen molar-refractivity contribution in [2.24, 2.45) is 17.1 Å².